The number of hydrogen-bond acceptors (Lipinski definition) is 4. The number of sulfonamides is 1. The van der Waals surface area contributed by atoms with Crippen LogP contribution in [0.4, 0.5) is 0 Å². The van der Waals surface area contributed by atoms with Gasteiger partial charge in [0.2, 0.25) is 10.0 Å². The third kappa shape index (κ3) is 3.32. The van der Waals surface area contributed by atoms with Crippen molar-refractivity contribution < 1.29 is 18.3 Å². The average molecular weight is 220 g/mol. The zero-order chi connectivity index (χ0) is 11.4. The molecule has 0 aromatic rings. The van der Waals surface area contributed by atoms with Gasteiger partial charge in [0.15, 0.2) is 5.25 Å². The van der Waals surface area contributed by atoms with E-state index in [1.54, 1.807) is 6.92 Å². The lowest BCUT2D eigenvalue weighted by Crippen LogP contribution is -2.43. The molecule has 0 fully saturated rings. The van der Waals surface area contributed by atoms with Crippen LogP contribution in [0.3, 0.4) is 0 Å². The second-order valence-electron chi connectivity index (χ2n) is 2.73. The molecule has 2 atom stereocenters. The van der Waals surface area contributed by atoms with Crippen molar-refractivity contribution in [3.05, 3.63) is 0 Å². The Labute approximate surface area is 82.6 Å². The van der Waals surface area contributed by atoms with E-state index >= 15 is 0 Å². The number of nitriles is 1. The first-order chi connectivity index (χ1) is 6.35. The van der Waals surface area contributed by atoms with Gasteiger partial charge in [-0.1, -0.05) is 6.92 Å². The van der Waals surface area contributed by atoms with Gasteiger partial charge < -0.3 is 5.11 Å². The van der Waals surface area contributed by atoms with Crippen LogP contribution in [-0.4, -0.2) is 30.8 Å². The maximum absolute atomic E-state index is 11.2. The molecule has 0 aromatic carbocycles. The minimum Gasteiger partial charge on any atom is -0.480 e. The molecule has 0 saturated carbocycles. The van der Waals surface area contributed by atoms with Gasteiger partial charge in [-0.3, -0.25) is 4.79 Å². The summed E-state index contributed by atoms with van der Waals surface area (Å²) in [5.74, 6) is -1.25. The second kappa shape index (κ2) is 4.93. The largest absolute Gasteiger partial charge is 0.480 e. The Hall–Kier alpha value is -1.13. The molecule has 0 saturated heterocycles. The van der Waals surface area contributed by atoms with Crippen LogP contribution in [0, 0.1) is 11.3 Å². The molecule has 2 N–H and O–H groups in total. The van der Waals surface area contributed by atoms with Crippen molar-refractivity contribution in [3.63, 3.8) is 0 Å². The number of hydrogen-bond donors (Lipinski definition) is 2. The van der Waals surface area contributed by atoms with Gasteiger partial charge in [-0.05, 0) is 13.3 Å². The van der Waals surface area contributed by atoms with Gasteiger partial charge in [0.1, 0.15) is 6.04 Å². The van der Waals surface area contributed by atoms with Crippen LogP contribution in [0.1, 0.15) is 20.3 Å². The van der Waals surface area contributed by atoms with Crippen molar-refractivity contribution in [2.45, 2.75) is 31.6 Å². The molecular weight excluding hydrogens is 208 g/mol. The van der Waals surface area contributed by atoms with Crippen molar-refractivity contribution in [2.24, 2.45) is 0 Å². The van der Waals surface area contributed by atoms with Gasteiger partial charge in [0.25, 0.3) is 0 Å². The van der Waals surface area contributed by atoms with Crippen molar-refractivity contribution in [1.82, 2.24) is 4.72 Å². The number of rotatable bonds is 5. The highest BCUT2D eigenvalue weighted by molar-refractivity contribution is 7.90. The van der Waals surface area contributed by atoms with Crippen LogP contribution in [0.2, 0.25) is 0 Å². The average Bonchev–Trinajstić information content (AvgIpc) is 2.12. The quantitative estimate of drug-likeness (QED) is 0.660. The van der Waals surface area contributed by atoms with Crippen LogP contribution in [0.25, 0.3) is 0 Å². The third-order valence-corrected chi connectivity index (χ3v) is 3.31. The summed E-state index contributed by atoms with van der Waals surface area (Å²) in [6.07, 6.45) is 0.132. The third-order valence-electron chi connectivity index (χ3n) is 1.66. The highest BCUT2D eigenvalue weighted by Crippen LogP contribution is 2.00. The first kappa shape index (κ1) is 12.9. The molecule has 0 rings (SSSR count). The zero-order valence-electron chi connectivity index (χ0n) is 7.89. The molecule has 2 unspecified atom stereocenters. The summed E-state index contributed by atoms with van der Waals surface area (Å²) in [5.41, 5.74) is 0. The van der Waals surface area contributed by atoms with E-state index in [0.29, 0.717) is 0 Å². The van der Waals surface area contributed by atoms with E-state index in [9.17, 15) is 13.2 Å². The summed E-state index contributed by atoms with van der Waals surface area (Å²) in [7, 11) is -3.86. The van der Waals surface area contributed by atoms with E-state index < -0.39 is 27.3 Å². The van der Waals surface area contributed by atoms with E-state index in [-0.39, 0.29) is 6.42 Å². The minimum atomic E-state index is -3.86. The normalized spacial score (nSPS) is 15.5. The molecule has 0 aromatic heterocycles. The molecule has 0 bridgehead atoms. The van der Waals surface area contributed by atoms with E-state index in [4.69, 9.17) is 10.4 Å². The number of carboxylic acids is 1. The molecule has 14 heavy (non-hydrogen) atoms. The van der Waals surface area contributed by atoms with Crippen LogP contribution in [0.15, 0.2) is 0 Å². The molecule has 0 aliphatic rings. The highest BCUT2D eigenvalue weighted by Gasteiger charge is 2.26. The predicted molar refractivity (Wildman–Crippen MR) is 48.8 cm³/mol. The summed E-state index contributed by atoms with van der Waals surface area (Å²) < 4.78 is 24.4. The van der Waals surface area contributed by atoms with E-state index in [1.807, 2.05) is 4.72 Å². The summed E-state index contributed by atoms with van der Waals surface area (Å²) in [5, 5.41) is 15.7. The molecule has 0 aliphatic heterocycles. The molecule has 0 spiro atoms. The van der Waals surface area contributed by atoms with Crippen LogP contribution in [0.5, 0.6) is 0 Å². The SMILES string of the molecule is CCC(NS(=O)(=O)C(C)C#N)C(=O)O. The molecule has 80 valence electrons. The standard InChI is InChI=1S/C7H12N2O4S/c1-3-6(7(10)11)9-14(12,13)5(2)4-8/h5-6,9H,3H2,1-2H3,(H,10,11). The van der Waals surface area contributed by atoms with Crippen molar-refractivity contribution in [3.8, 4) is 6.07 Å². The Balaban J connectivity index is 4.67. The Bertz CT molecular complexity index is 343. The Morgan fingerprint density at radius 1 is 1.64 bits per heavy atom. The van der Waals surface area contributed by atoms with Gasteiger partial charge in [0.05, 0.1) is 6.07 Å². The number of nitrogens with one attached hydrogen (secondary N) is 1. The van der Waals surface area contributed by atoms with Crippen LogP contribution in [-0.2, 0) is 14.8 Å². The fraction of sp³-hybridized carbons (Fsp3) is 0.714. The van der Waals surface area contributed by atoms with Crippen molar-refractivity contribution in [1.29, 1.82) is 5.26 Å². The van der Waals surface area contributed by atoms with Crippen LogP contribution < -0.4 is 4.72 Å². The first-order valence-electron chi connectivity index (χ1n) is 3.98. The lowest BCUT2D eigenvalue weighted by Gasteiger charge is -2.13. The minimum absolute atomic E-state index is 0.132. The topological polar surface area (TPSA) is 107 Å². The predicted octanol–water partition coefficient (Wildman–Crippen LogP) is -0.319. The van der Waals surface area contributed by atoms with Crippen LogP contribution >= 0.6 is 0 Å². The lowest BCUT2D eigenvalue weighted by molar-refractivity contribution is -0.139. The van der Waals surface area contributed by atoms with E-state index in [0.717, 1.165) is 0 Å². The Morgan fingerprint density at radius 3 is 2.43 bits per heavy atom. The molecule has 0 heterocycles. The molecule has 0 radical (unpaired) electrons. The van der Waals surface area contributed by atoms with Crippen molar-refractivity contribution in [2.75, 3.05) is 0 Å². The number of nitrogens with zero attached hydrogens (tertiary/aromatic N) is 1. The van der Waals surface area contributed by atoms with Gasteiger partial charge in [-0.15, -0.1) is 0 Å². The fourth-order valence-corrected chi connectivity index (χ4v) is 1.69. The summed E-state index contributed by atoms with van der Waals surface area (Å²) >= 11 is 0. The molecule has 0 amide bonds. The second-order valence-corrected chi connectivity index (χ2v) is 4.77. The van der Waals surface area contributed by atoms with Gasteiger partial charge in [0, 0.05) is 0 Å². The molecule has 0 aliphatic carbocycles. The number of carboxylic acid groups (broad SMARTS) is 1. The van der Waals surface area contributed by atoms with E-state index in [1.165, 1.54) is 13.0 Å². The fourth-order valence-electron chi connectivity index (χ4n) is 0.678. The lowest BCUT2D eigenvalue weighted by atomic mass is 10.2. The monoisotopic (exact) mass is 220 g/mol. The van der Waals surface area contributed by atoms with Crippen molar-refractivity contribution >= 4 is 16.0 Å². The maximum atomic E-state index is 11.2. The zero-order valence-corrected chi connectivity index (χ0v) is 8.71. The first-order valence-corrected chi connectivity index (χ1v) is 5.53. The summed E-state index contributed by atoms with van der Waals surface area (Å²) in [6.45, 7) is 2.73. The van der Waals surface area contributed by atoms with Gasteiger partial charge in [-0.2, -0.15) is 9.98 Å². The smallest absolute Gasteiger partial charge is 0.321 e. The van der Waals surface area contributed by atoms with E-state index in [2.05, 4.69) is 0 Å². The maximum Gasteiger partial charge on any atom is 0.321 e. The summed E-state index contributed by atoms with van der Waals surface area (Å²) in [4.78, 5) is 10.5. The Kier molecular flexibility index (Phi) is 4.53. The number of carbonyl (C=O) groups is 1. The molecular formula is C7H12N2O4S. The highest BCUT2D eigenvalue weighted by atomic mass is 32.2. The Morgan fingerprint density at radius 2 is 2.14 bits per heavy atom. The van der Waals surface area contributed by atoms with Gasteiger partial charge in [-0.25, -0.2) is 8.42 Å². The molecule has 7 heteroatoms. The van der Waals surface area contributed by atoms with Gasteiger partial charge >= 0.3 is 5.97 Å². The summed E-state index contributed by atoms with van der Waals surface area (Å²) in [6, 6.07) is 0.360. The number of aliphatic carboxylic acids is 1. The molecule has 6 nitrogen and oxygen atoms in total.